The second-order valence-corrected chi connectivity index (χ2v) is 4.26. The molecular formula is C11H11N3O2S. The molecule has 0 unspecified atom stereocenters. The summed E-state index contributed by atoms with van der Waals surface area (Å²) in [5.74, 6) is 0.886. The first-order valence-electron chi connectivity index (χ1n) is 5.23. The van der Waals surface area contributed by atoms with Crippen LogP contribution in [0.1, 0.15) is 24.7 Å². The van der Waals surface area contributed by atoms with Gasteiger partial charge in [0, 0.05) is 6.61 Å². The summed E-state index contributed by atoms with van der Waals surface area (Å²) in [5.41, 5.74) is 0.555. The first-order valence-corrected chi connectivity index (χ1v) is 6.11. The van der Waals surface area contributed by atoms with Crippen molar-refractivity contribution in [2.75, 3.05) is 6.61 Å². The largest absolute Gasteiger partial charge is 0.373 e. The third kappa shape index (κ3) is 2.70. The molecule has 0 aromatic carbocycles. The van der Waals surface area contributed by atoms with Gasteiger partial charge in [0.25, 0.3) is 5.89 Å². The van der Waals surface area contributed by atoms with Gasteiger partial charge in [-0.3, -0.25) is 0 Å². The van der Waals surface area contributed by atoms with Gasteiger partial charge in [-0.25, -0.2) is 0 Å². The summed E-state index contributed by atoms with van der Waals surface area (Å²) in [6, 6.07) is 3.82. The van der Waals surface area contributed by atoms with E-state index in [-0.39, 0.29) is 0 Å². The molecule has 2 heterocycles. The number of nitrogens with zero attached hydrogens (tertiary/aromatic N) is 3. The Morgan fingerprint density at radius 1 is 1.59 bits per heavy atom. The van der Waals surface area contributed by atoms with Crippen LogP contribution in [-0.4, -0.2) is 16.7 Å². The minimum atomic E-state index is 0.338. The second kappa shape index (κ2) is 5.57. The first kappa shape index (κ1) is 11.8. The Morgan fingerprint density at radius 3 is 3.24 bits per heavy atom. The van der Waals surface area contributed by atoms with Gasteiger partial charge in [-0.1, -0.05) is 12.1 Å². The van der Waals surface area contributed by atoms with Crippen molar-refractivity contribution in [1.82, 2.24) is 10.1 Å². The van der Waals surface area contributed by atoms with Crippen molar-refractivity contribution in [2.45, 2.75) is 20.0 Å². The second-order valence-electron chi connectivity index (χ2n) is 3.34. The van der Waals surface area contributed by atoms with Gasteiger partial charge in [0.05, 0.1) is 5.56 Å². The molecule has 5 nitrogen and oxygen atoms in total. The van der Waals surface area contributed by atoms with E-state index in [1.54, 1.807) is 6.07 Å². The molecule has 17 heavy (non-hydrogen) atoms. The fraction of sp³-hybridized carbons (Fsp3) is 0.364. The minimum absolute atomic E-state index is 0.338. The molecule has 88 valence electrons. The molecule has 0 fully saturated rings. The summed E-state index contributed by atoms with van der Waals surface area (Å²) in [7, 11) is 0. The zero-order valence-electron chi connectivity index (χ0n) is 9.34. The normalized spacial score (nSPS) is 10.4. The van der Waals surface area contributed by atoms with E-state index in [1.807, 2.05) is 12.3 Å². The third-order valence-corrected chi connectivity index (χ3v) is 2.93. The Morgan fingerprint density at radius 2 is 2.47 bits per heavy atom. The van der Waals surface area contributed by atoms with Crippen LogP contribution in [0.3, 0.4) is 0 Å². The summed E-state index contributed by atoms with van der Waals surface area (Å²) < 4.78 is 10.4. The monoisotopic (exact) mass is 249 g/mol. The van der Waals surface area contributed by atoms with Gasteiger partial charge in [0.15, 0.2) is 5.82 Å². The molecule has 0 saturated carbocycles. The standard InChI is InChI=1S/C11H11N3O2S/c1-2-4-15-7-9-13-11(16-14-9)10-8(6-12)3-5-17-10/h3,5H,2,4,7H2,1H3. The lowest BCUT2D eigenvalue weighted by molar-refractivity contribution is 0.114. The molecule has 0 radical (unpaired) electrons. The van der Waals surface area contributed by atoms with Crippen LogP contribution >= 0.6 is 11.3 Å². The maximum absolute atomic E-state index is 8.89. The number of thiophene rings is 1. The fourth-order valence-corrected chi connectivity index (χ4v) is 2.04. The van der Waals surface area contributed by atoms with Gasteiger partial charge < -0.3 is 9.26 Å². The maximum Gasteiger partial charge on any atom is 0.269 e. The number of rotatable bonds is 5. The molecule has 0 aliphatic rings. The maximum atomic E-state index is 8.89. The van der Waals surface area contributed by atoms with Crippen molar-refractivity contribution in [3.63, 3.8) is 0 Å². The Hall–Kier alpha value is -1.71. The highest BCUT2D eigenvalue weighted by Crippen LogP contribution is 2.27. The first-order chi connectivity index (χ1) is 8.35. The highest BCUT2D eigenvalue weighted by molar-refractivity contribution is 7.13. The van der Waals surface area contributed by atoms with Crippen molar-refractivity contribution in [3.8, 4) is 16.8 Å². The van der Waals surface area contributed by atoms with Gasteiger partial charge in [0.1, 0.15) is 17.6 Å². The quantitative estimate of drug-likeness (QED) is 0.761. The highest BCUT2D eigenvalue weighted by atomic mass is 32.1. The number of hydrogen-bond donors (Lipinski definition) is 0. The molecule has 6 heteroatoms. The number of hydrogen-bond acceptors (Lipinski definition) is 6. The topological polar surface area (TPSA) is 71.9 Å². The minimum Gasteiger partial charge on any atom is -0.373 e. The van der Waals surface area contributed by atoms with Crippen molar-refractivity contribution in [2.24, 2.45) is 0 Å². The van der Waals surface area contributed by atoms with Crippen molar-refractivity contribution in [1.29, 1.82) is 5.26 Å². The van der Waals surface area contributed by atoms with Crippen LogP contribution in [0.4, 0.5) is 0 Å². The molecule has 2 rings (SSSR count). The molecule has 0 spiro atoms. The molecule has 2 aromatic heterocycles. The lowest BCUT2D eigenvalue weighted by atomic mass is 10.3. The highest BCUT2D eigenvalue weighted by Gasteiger charge is 2.14. The van der Waals surface area contributed by atoms with Crippen LogP contribution in [0.15, 0.2) is 16.0 Å². The van der Waals surface area contributed by atoms with E-state index in [0.29, 0.717) is 35.4 Å². The van der Waals surface area contributed by atoms with Crippen LogP contribution in [0.25, 0.3) is 10.8 Å². The van der Waals surface area contributed by atoms with Gasteiger partial charge >= 0.3 is 0 Å². The predicted molar refractivity (Wildman–Crippen MR) is 62.3 cm³/mol. The third-order valence-electron chi connectivity index (χ3n) is 2.03. The smallest absolute Gasteiger partial charge is 0.269 e. The Bertz CT molecular complexity index is 527. The average molecular weight is 249 g/mol. The van der Waals surface area contributed by atoms with Crippen molar-refractivity contribution in [3.05, 3.63) is 22.8 Å². The van der Waals surface area contributed by atoms with Gasteiger partial charge in [-0.05, 0) is 17.9 Å². The molecule has 2 aromatic rings. The van der Waals surface area contributed by atoms with Gasteiger partial charge in [-0.15, -0.1) is 11.3 Å². The van der Waals surface area contributed by atoms with E-state index >= 15 is 0 Å². The zero-order valence-corrected chi connectivity index (χ0v) is 10.2. The van der Waals surface area contributed by atoms with Crippen molar-refractivity contribution < 1.29 is 9.26 Å². The van der Waals surface area contributed by atoms with E-state index in [1.165, 1.54) is 11.3 Å². The average Bonchev–Trinajstić information content (AvgIpc) is 2.96. The van der Waals surface area contributed by atoms with Crippen LogP contribution in [-0.2, 0) is 11.3 Å². The summed E-state index contributed by atoms with van der Waals surface area (Å²) in [6.07, 6.45) is 0.953. The molecule has 0 aliphatic carbocycles. The SMILES string of the molecule is CCCOCc1noc(-c2sccc2C#N)n1. The molecule has 0 atom stereocenters. The Labute approximate surface area is 103 Å². The van der Waals surface area contributed by atoms with Crippen LogP contribution < -0.4 is 0 Å². The molecule has 0 bridgehead atoms. The van der Waals surface area contributed by atoms with Crippen LogP contribution in [0.5, 0.6) is 0 Å². The summed E-state index contributed by atoms with van der Waals surface area (Å²) in [5, 5.41) is 14.5. The predicted octanol–water partition coefficient (Wildman–Crippen LogP) is 2.60. The Kier molecular flexibility index (Phi) is 3.85. The van der Waals surface area contributed by atoms with E-state index in [2.05, 4.69) is 16.2 Å². The summed E-state index contributed by atoms with van der Waals surface area (Å²) in [6.45, 7) is 3.05. The fourth-order valence-electron chi connectivity index (χ4n) is 1.28. The molecule has 0 amide bonds. The number of ether oxygens (including phenoxy) is 1. The van der Waals surface area contributed by atoms with E-state index in [4.69, 9.17) is 14.5 Å². The zero-order chi connectivity index (χ0) is 12.1. The number of nitriles is 1. The Balaban J connectivity index is 2.11. The molecule has 0 N–H and O–H groups in total. The van der Waals surface area contributed by atoms with Crippen molar-refractivity contribution >= 4 is 11.3 Å². The van der Waals surface area contributed by atoms with Crippen LogP contribution in [0, 0.1) is 11.3 Å². The van der Waals surface area contributed by atoms with Gasteiger partial charge in [0.2, 0.25) is 0 Å². The lowest BCUT2D eigenvalue weighted by Gasteiger charge is -1.95. The molecular weight excluding hydrogens is 238 g/mol. The number of aromatic nitrogens is 2. The van der Waals surface area contributed by atoms with Crippen LogP contribution in [0.2, 0.25) is 0 Å². The summed E-state index contributed by atoms with van der Waals surface area (Å²) in [4.78, 5) is 4.90. The molecule has 0 aliphatic heterocycles. The molecule has 0 saturated heterocycles. The summed E-state index contributed by atoms with van der Waals surface area (Å²) >= 11 is 1.41. The van der Waals surface area contributed by atoms with E-state index in [0.717, 1.165) is 6.42 Å². The van der Waals surface area contributed by atoms with E-state index in [9.17, 15) is 0 Å². The van der Waals surface area contributed by atoms with Gasteiger partial charge in [-0.2, -0.15) is 10.2 Å². The van der Waals surface area contributed by atoms with E-state index < -0.39 is 0 Å². The lowest BCUT2D eigenvalue weighted by Crippen LogP contribution is -1.95.